The van der Waals surface area contributed by atoms with Gasteiger partial charge in [-0.3, -0.25) is 14.5 Å². The van der Waals surface area contributed by atoms with Gasteiger partial charge >= 0.3 is 6.36 Å². The molecule has 0 saturated carbocycles. The molecule has 0 aliphatic carbocycles. The van der Waals surface area contributed by atoms with Crippen molar-refractivity contribution in [1.29, 1.82) is 0 Å². The Kier molecular flexibility index (Phi) is 5.02. The number of para-hydroxylation sites is 1. The Balaban J connectivity index is 1.98. The van der Waals surface area contributed by atoms with Gasteiger partial charge in [0.25, 0.3) is 0 Å². The Hall–Kier alpha value is -3.10. The second-order valence-electron chi connectivity index (χ2n) is 5.89. The standard InChI is InChI=1S/C18H16F3N3O3/c1-2-11(12-6-3-4-8-14(12)27-18(19,20)21)17(26)24-10-15(25)23-13-7-5-9-22-16(13)24/h3-9,11H,2,10H2,1H3,(H,23,25). The first-order valence-electron chi connectivity index (χ1n) is 8.21. The van der Waals surface area contributed by atoms with Crippen molar-refractivity contribution >= 4 is 23.3 Å². The average molecular weight is 379 g/mol. The van der Waals surface area contributed by atoms with Crippen LogP contribution < -0.4 is 15.0 Å². The number of hydrogen-bond acceptors (Lipinski definition) is 4. The van der Waals surface area contributed by atoms with Crippen LogP contribution >= 0.6 is 0 Å². The Bertz CT molecular complexity index is 870. The maximum absolute atomic E-state index is 13.1. The molecule has 142 valence electrons. The molecule has 1 aromatic heterocycles. The third kappa shape index (κ3) is 4.02. The largest absolute Gasteiger partial charge is 0.573 e. The van der Waals surface area contributed by atoms with E-state index in [-0.39, 0.29) is 24.3 Å². The van der Waals surface area contributed by atoms with Crippen molar-refractivity contribution in [1.82, 2.24) is 4.98 Å². The first-order valence-corrected chi connectivity index (χ1v) is 8.21. The molecule has 0 fully saturated rings. The Morgan fingerprint density at radius 1 is 1.30 bits per heavy atom. The highest BCUT2D eigenvalue weighted by Gasteiger charge is 2.36. The van der Waals surface area contributed by atoms with Gasteiger partial charge in [0.15, 0.2) is 5.82 Å². The van der Waals surface area contributed by atoms with Gasteiger partial charge in [-0.05, 0) is 24.6 Å². The zero-order chi connectivity index (χ0) is 19.6. The van der Waals surface area contributed by atoms with E-state index in [2.05, 4.69) is 15.0 Å². The van der Waals surface area contributed by atoms with Crippen molar-refractivity contribution in [3.05, 3.63) is 48.2 Å². The first kappa shape index (κ1) is 18.7. The number of nitrogens with one attached hydrogen (secondary N) is 1. The van der Waals surface area contributed by atoms with Gasteiger partial charge in [-0.2, -0.15) is 0 Å². The number of carbonyl (C=O) groups excluding carboxylic acids is 2. The van der Waals surface area contributed by atoms with Crippen LogP contribution in [0.2, 0.25) is 0 Å². The number of rotatable bonds is 4. The van der Waals surface area contributed by atoms with Crippen LogP contribution in [-0.4, -0.2) is 29.7 Å². The Morgan fingerprint density at radius 2 is 2.04 bits per heavy atom. The molecule has 1 aliphatic heterocycles. The van der Waals surface area contributed by atoms with E-state index in [1.807, 2.05) is 0 Å². The molecular weight excluding hydrogens is 363 g/mol. The number of pyridine rings is 1. The molecular formula is C18H16F3N3O3. The number of alkyl halides is 3. The van der Waals surface area contributed by atoms with Crippen molar-refractivity contribution < 1.29 is 27.5 Å². The zero-order valence-corrected chi connectivity index (χ0v) is 14.3. The second-order valence-corrected chi connectivity index (χ2v) is 5.89. The third-order valence-corrected chi connectivity index (χ3v) is 4.11. The van der Waals surface area contributed by atoms with Crippen molar-refractivity contribution in [2.75, 3.05) is 16.8 Å². The highest BCUT2D eigenvalue weighted by molar-refractivity contribution is 6.10. The maximum atomic E-state index is 13.1. The molecule has 1 N–H and O–H groups in total. The molecule has 27 heavy (non-hydrogen) atoms. The quantitative estimate of drug-likeness (QED) is 0.883. The van der Waals surface area contributed by atoms with E-state index in [0.29, 0.717) is 5.69 Å². The van der Waals surface area contributed by atoms with E-state index in [0.717, 1.165) is 6.07 Å². The van der Waals surface area contributed by atoms with Gasteiger partial charge < -0.3 is 10.1 Å². The fourth-order valence-electron chi connectivity index (χ4n) is 3.00. The molecule has 6 nitrogen and oxygen atoms in total. The van der Waals surface area contributed by atoms with Gasteiger partial charge in [-0.15, -0.1) is 13.2 Å². The van der Waals surface area contributed by atoms with E-state index in [9.17, 15) is 22.8 Å². The summed E-state index contributed by atoms with van der Waals surface area (Å²) in [6.45, 7) is 1.41. The van der Waals surface area contributed by atoms with Gasteiger partial charge in [-0.1, -0.05) is 25.1 Å². The molecule has 9 heteroatoms. The van der Waals surface area contributed by atoms with Gasteiger partial charge in [-0.25, -0.2) is 4.98 Å². The lowest BCUT2D eigenvalue weighted by Gasteiger charge is -2.31. The molecule has 0 spiro atoms. The van der Waals surface area contributed by atoms with E-state index in [1.54, 1.807) is 19.1 Å². The molecule has 0 radical (unpaired) electrons. The Labute approximate surface area is 152 Å². The molecule has 3 rings (SSSR count). The molecule has 1 aliphatic rings. The summed E-state index contributed by atoms with van der Waals surface area (Å²) >= 11 is 0. The smallest absolute Gasteiger partial charge is 0.405 e. The van der Waals surface area contributed by atoms with Crippen LogP contribution in [0.1, 0.15) is 24.8 Å². The van der Waals surface area contributed by atoms with Crippen LogP contribution in [0.5, 0.6) is 5.75 Å². The minimum Gasteiger partial charge on any atom is -0.405 e. The van der Waals surface area contributed by atoms with Gasteiger partial charge in [0.1, 0.15) is 12.3 Å². The van der Waals surface area contributed by atoms with Crippen LogP contribution in [-0.2, 0) is 9.59 Å². The maximum Gasteiger partial charge on any atom is 0.573 e. The van der Waals surface area contributed by atoms with Crippen LogP contribution in [0.15, 0.2) is 42.6 Å². The SMILES string of the molecule is CCC(C(=O)N1CC(=O)Nc2cccnc21)c1ccccc1OC(F)(F)F. The van der Waals surface area contributed by atoms with Crippen molar-refractivity contribution in [3.8, 4) is 5.75 Å². The number of aromatic nitrogens is 1. The van der Waals surface area contributed by atoms with Crippen LogP contribution in [0.25, 0.3) is 0 Å². The topological polar surface area (TPSA) is 71.5 Å². The molecule has 0 saturated heterocycles. The van der Waals surface area contributed by atoms with Crippen molar-refractivity contribution in [3.63, 3.8) is 0 Å². The number of fused-ring (bicyclic) bond motifs is 1. The summed E-state index contributed by atoms with van der Waals surface area (Å²) < 4.78 is 42.2. The third-order valence-electron chi connectivity index (χ3n) is 4.11. The number of ether oxygens (including phenoxy) is 1. The van der Waals surface area contributed by atoms with Gasteiger partial charge in [0.2, 0.25) is 11.8 Å². The summed E-state index contributed by atoms with van der Waals surface area (Å²) in [6.07, 6.45) is -3.19. The Morgan fingerprint density at radius 3 is 2.74 bits per heavy atom. The second kappa shape index (κ2) is 7.26. The predicted molar refractivity (Wildman–Crippen MR) is 91.4 cm³/mol. The van der Waals surface area contributed by atoms with E-state index < -0.39 is 29.8 Å². The number of halogens is 3. The summed E-state index contributed by atoms with van der Waals surface area (Å²) in [7, 11) is 0. The summed E-state index contributed by atoms with van der Waals surface area (Å²) in [6, 6.07) is 8.71. The van der Waals surface area contributed by atoms with E-state index in [1.165, 1.54) is 29.3 Å². The summed E-state index contributed by atoms with van der Waals surface area (Å²) in [5.41, 5.74) is 0.475. The first-order chi connectivity index (χ1) is 12.8. The minimum absolute atomic E-state index is 0.103. The fourth-order valence-corrected chi connectivity index (χ4v) is 3.00. The lowest BCUT2D eigenvalue weighted by molar-refractivity contribution is -0.275. The molecule has 2 heterocycles. The zero-order valence-electron chi connectivity index (χ0n) is 14.3. The molecule has 1 aromatic carbocycles. The fraction of sp³-hybridized carbons (Fsp3) is 0.278. The number of nitrogens with zero attached hydrogens (tertiary/aromatic N) is 2. The number of benzene rings is 1. The molecule has 0 bridgehead atoms. The monoisotopic (exact) mass is 379 g/mol. The minimum atomic E-state index is -4.88. The van der Waals surface area contributed by atoms with E-state index in [4.69, 9.17) is 0 Å². The highest BCUT2D eigenvalue weighted by atomic mass is 19.4. The normalized spacial score (nSPS) is 15.0. The number of anilines is 2. The van der Waals surface area contributed by atoms with Crippen molar-refractivity contribution in [2.24, 2.45) is 0 Å². The van der Waals surface area contributed by atoms with Gasteiger partial charge in [0, 0.05) is 11.8 Å². The van der Waals surface area contributed by atoms with E-state index >= 15 is 0 Å². The summed E-state index contributed by atoms with van der Waals surface area (Å²) in [4.78, 5) is 30.4. The molecule has 1 unspecified atom stereocenters. The molecule has 2 aromatic rings. The average Bonchev–Trinajstić information content (AvgIpc) is 2.61. The van der Waals surface area contributed by atoms with Crippen LogP contribution in [0.4, 0.5) is 24.7 Å². The number of amides is 2. The lowest BCUT2D eigenvalue weighted by Crippen LogP contribution is -2.44. The predicted octanol–water partition coefficient (Wildman–Crippen LogP) is 3.46. The van der Waals surface area contributed by atoms with Crippen LogP contribution in [0.3, 0.4) is 0 Å². The molecule has 1 atom stereocenters. The van der Waals surface area contributed by atoms with Crippen LogP contribution in [0, 0.1) is 0 Å². The summed E-state index contributed by atoms with van der Waals surface area (Å²) in [5, 5.41) is 2.62. The molecule has 2 amide bonds. The lowest BCUT2D eigenvalue weighted by atomic mass is 9.93. The number of hydrogen-bond donors (Lipinski definition) is 1. The van der Waals surface area contributed by atoms with Gasteiger partial charge in [0.05, 0.1) is 11.6 Å². The van der Waals surface area contributed by atoms with Crippen molar-refractivity contribution in [2.45, 2.75) is 25.6 Å². The summed E-state index contributed by atoms with van der Waals surface area (Å²) in [5.74, 6) is -2.03. The highest BCUT2D eigenvalue weighted by Crippen LogP contribution is 2.36. The number of carbonyl (C=O) groups is 2.